The second kappa shape index (κ2) is 6.20. The summed E-state index contributed by atoms with van der Waals surface area (Å²) in [6, 6.07) is 0.318. The van der Waals surface area contributed by atoms with Crippen molar-refractivity contribution in [1.82, 2.24) is 15.3 Å². The van der Waals surface area contributed by atoms with Crippen molar-refractivity contribution in [2.24, 2.45) is 5.73 Å². The molecule has 2 heterocycles. The lowest BCUT2D eigenvalue weighted by atomic mass is 10.2. The van der Waals surface area contributed by atoms with Gasteiger partial charge in [-0.3, -0.25) is 0 Å². The monoisotopic (exact) mass is 268 g/mol. The molecule has 92 valence electrons. The van der Waals surface area contributed by atoms with E-state index in [2.05, 4.69) is 27.6 Å². The van der Waals surface area contributed by atoms with Crippen LogP contribution in [0.5, 0.6) is 0 Å². The lowest BCUT2D eigenvalue weighted by molar-refractivity contribution is 0.512. The van der Waals surface area contributed by atoms with Crippen LogP contribution < -0.4 is 11.1 Å². The Bertz CT molecular complexity index is 438. The lowest BCUT2D eigenvalue weighted by Crippen LogP contribution is -2.20. The predicted octanol–water partition coefficient (Wildman–Crippen LogP) is 2.30. The fraction of sp³-hybridized carbons (Fsp3) is 0.455. The van der Waals surface area contributed by atoms with Crippen LogP contribution in [-0.4, -0.2) is 9.97 Å². The summed E-state index contributed by atoms with van der Waals surface area (Å²) >= 11 is 3.31. The van der Waals surface area contributed by atoms with E-state index in [1.165, 1.54) is 0 Å². The van der Waals surface area contributed by atoms with Gasteiger partial charge < -0.3 is 11.1 Å². The number of nitrogens with one attached hydrogen (secondary N) is 1. The molecule has 1 atom stereocenters. The Kier molecular flexibility index (Phi) is 4.61. The molecule has 4 nitrogen and oxygen atoms in total. The number of hydrogen-bond acceptors (Lipinski definition) is 6. The molecule has 2 rings (SSSR count). The van der Waals surface area contributed by atoms with E-state index in [4.69, 9.17) is 5.73 Å². The number of aromatic nitrogens is 2. The Morgan fingerprint density at radius 2 is 2.35 bits per heavy atom. The van der Waals surface area contributed by atoms with Gasteiger partial charge in [0.15, 0.2) is 0 Å². The molecule has 0 fully saturated rings. The van der Waals surface area contributed by atoms with Gasteiger partial charge in [-0.25, -0.2) is 9.97 Å². The SMILES string of the molecule is CCC(NCc1csc(CN)n1)c1nccs1. The average Bonchev–Trinajstić information content (AvgIpc) is 3.00. The standard InChI is InChI=1S/C11H16N4S2/c1-2-9(11-13-3-4-16-11)14-6-8-7-17-10(5-12)15-8/h3-4,7,9,14H,2,5-6,12H2,1H3. The molecule has 3 N–H and O–H groups in total. The average molecular weight is 268 g/mol. The minimum atomic E-state index is 0.318. The molecule has 6 heteroatoms. The third-order valence-corrected chi connectivity index (χ3v) is 4.27. The van der Waals surface area contributed by atoms with Crippen molar-refractivity contribution in [3.05, 3.63) is 32.7 Å². The highest BCUT2D eigenvalue weighted by atomic mass is 32.1. The van der Waals surface area contributed by atoms with Crippen molar-refractivity contribution < 1.29 is 0 Å². The molecule has 2 aromatic rings. The van der Waals surface area contributed by atoms with Crippen molar-refractivity contribution in [2.75, 3.05) is 0 Å². The van der Waals surface area contributed by atoms with Crippen LogP contribution in [0, 0.1) is 0 Å². The molecule has 0 bridgehead atoms. The maximum absolute atomic E-state index is 5.54. The van der Waals surface area contributed by atoms with Gasteiger partial charge in [-0.1, -0.05) is 6.92 Å². The molecule has 2 aromatic heterocycles. The normalized spacial score (nSPS) is 12.8. The minimum Gasteiger partial charge on any atom is -0.325 e. The topological polar surface area (TPSA) is 63.8 Å². The van der Waals surface area contributed by atoms with Crippen molar-refractivity contribution in [1.29, 1.82) is 0 Å². The van der Waals surface area contributed by atoms with Crippen molar-refractivity contribution in [3.8, 4) is 0 Å². The first kappa shape index (κ1) is 12.6. The van der Waals surface area contributed by atoms with Crippen molar-refractivity contribution in [3.63, 3.8) is 0 Å². The molecule has 0 amide bonds. The summed E-state index contributed by atoms with van der Waals surface area (Å²) in [6.07, 6.45) is 2.88. The van der Waals surface area contributed by atoms with E-state index >= 15 is 0 Å². The second-order valence-corrected chi connectivity index (χ2v) is 5.52. The van der Waals surface area contributed by atoms with E-state index in [0.717, 1.165) is 28.7 Å². The number of thiazole rings is 2. The quantitative estimate of drug-likeness (QED) is 0.844. The van der Waals surface area contributed by atoms with E-state index in [9.17, 15) is 0 Å². The smallest absolute Gasteiger partial charge is 0.109 e. The van der Waals surface area contributed by atoms with Gasteiger partial charge >= 0.3 is 0 Å². The lowest BCUT2D eigenvalue weighted by Gasteiger charge is -2.13. The van der Waals surface area contributed by atoms with E-state index in [0.29, 0.717) is 12.6 Å². The molecule has 0 aliphatic rings. The number of rotatable bonds is 6. The van der Waals surface area contributed by atoms with Gasteiger partial charge in [-0.2, -0.15) is 0 Å². The molecule has 0 aliphatic heterocycles. The Labute approximate surface area is 109 Å². The molecule has 17 heavy (non-hydrogen) atoms. The van der Waals surface area contributed by atoms with E-state index in [1.54, 1.807) is 22.7 Å². The van der Waals surface area contributed by atoms with Crippen LogP contribution in [0.3, 0.4) is 0 Å². The second-order valence-electron chi connectivity index (χ2n) is 3.65. The Balaban J connectivity index is 1.92. The van der Waals surface area contributed by atoms with E-state index in [1.807, 2.05) is 11.6 Å². The van der Waals surface area contributed by atoms with E-state index < -0.39 is 0 Å². The van der Waals surface area contributed by atoms with Crippen molar-refractivity contribution >= 4 is 22.7 Å². The Morgan fingerprint density at radius 1 is 1.47 bits per heavy atom. The summed E-state index contributed by atoms with van der Waals surface area (Å²) in [5.74, 6) is 0. The highest BCUT2D eigenvalue weighted by Gasteiger charge is 2.11. The summed E-state index contributed by atoms with van der Waals surface area (Å²) < 4.78 is 0. The molecule has 0 saturated carbocycles. The maximum atomic E-state index is 5.54. The molecular formula is C11H16N4S2. The van der Waals surface area contributed by atoms with Gasteiger partial charge in [0.2, 0.25) is 0 Å². The van der Waals surface area contributed by atoms with Gasteiger partial charge in [0.25, 0.3) is 0 Å². The van der Waals surface area contributed by atoms with Crippen LogP contribution in [0.4, 0.5) is 0 Å². The Morgan fingerprint density at radius 3 is 2.94 bits per heavy atom. The fourth-order valence-corrected chi connectivity index (χ4v) is 3.04. The van der Waals surface area contributed by atoms with Crippen LogP contribution in [-0.2, 0) is 13.1 Å². The third kappa shape index (κ3) is 3.32. The van der Waals surface area contributed by atoms with Crippen LogP contribution >= 0.6 is 22.7 Å². The first-order chi connectivity index (χ1) is 8.33. The van der Waals surface area contributed by atoms with Gasteiger partial charge in [0.1, 0.15) is 10.0 Å². The zero-order chi connectivity index (χ0) is 12.1. The van der Waals surface area contributed by atoms with Crippen LogP contribution in [0.25, 0.3) is 0 Å². The molecule has 0 aliphatic carbocycles. The third-order valence-electron chi connectivity index (χ3n) is 2.46. The molecule has 0 spiro atoms. The zero-order valence-corrected chi connectivity index (χ0v) is 11.4. The largest absolute Gasteiger partial charge is 0.325 e. The summed E-state index contributed by atoms with van der Waals surface area (Å²) in [4.78, 5) is 8.77. The highest BCUT2D eigenvalue weighted by Crippen LogP contribution is 2.19. The molecule has 1 unspecified atom stereocenters. The number of nitrogens with zero attached hydrogens (tertiary/aromatic N) is 2. The number of nitrogens with two attached hydrogens (primary N) is 1. The van der Waals surface area contributed by atoms with Crippen molar-refractivity contribution in [2.45, 2.75) is 32.5 Å². The van der Waals surface area contributed by atoms with Gasteiger partial charge in [0.05, 0.1) is 11.7 Å². The van der Waals surface area contributed by atoms with Crippen LogP contribution in [0.15, 0.2) is 17.0 Å². The first-order valence-electron chi connectivity index (χ1n) is 5.59. The highest BCUT2D eigenvalue weighted by molar-refractivity contribution is 7.09. The van der Waals surface area contributed by atoms with E-state index in [-0.39, 0.29) is 0 Å². The van der Waals surface area contributed by atoms with Gasteiger partial charge in [0, 0.05) is 30.0 Å². The maximum Gasteiger partial charge on any atom is 0.109 e. The summed E-state index contributed by atoms with van der Waals surface area (Å²) in [6.45, 7) is 3.45. The zero-order valence-electron chi connectivity index (χ0n) is 9.72. The molecular weight excluding hydrogens is 252 g/mol. The van der Waals surface area contributed by atoms with Gasteiger partial charge in [-0.15, -0.1) is 22.7 Å². The minimum absolute atomic E-state index is 0.318. The predicted molar refractivity (Wildman–Crippen MR) is 72.0 cm³/mol. The van der Waals surface area contributed by atoms with Crippen LogP contribution in [0.2, 0.25) is 0 Å². The fourth-order valence-electron chi connectivity index (χ4n) is 1.56. The summed E-state index contributed by atoms with van der Waals surface area (Å²) in [5, 5.41) is 9.68. The van der Waals surface area contributed by atoms with Gasteiger partial charge in [-0.05, 0) is 6.42 Å². The summed E-state index contributed by atoms with van der Waals surface area (Å²) in [7, 11) is 0. The molecule has 0 aromatic carbocycles. The summed E-state index contributed by atoms with van der Waals surface area (Å²) in [5.41, 5.74) is 6.60. The molecule has 0 radical (unpaired) electrons. The Hall–Kier alpha value is -0.820. The van der Waals surface area contributed by atoms with Crippen LogP contribution in [0.1, 0.15) is 35.1 Å². The first-order valence-corrected chi connectivity index (χ1v) is 7.35. The number of hydrogen-bond donors (Lipinski definition) is 2. The molecule has 0 saturated heterocycles.